The number of ether oxygens (including phenoxy) is 2. The Morgan fingerprint density at radius 3 is 1.50 bits per heavy atom. The predicted octanol–water partition coefficient (Wildman–Crippen LogP) is 2.54. The van der Waals surface area contributed by atoms with E-state index >= 15 is 0 Å². The highest BCUT2D eigenvalue weighted by Gasteiger charge is 2.04. The van der Waals surface area contributed by atoms with Gasteiger partial charge in [0.2, 0.25) is 11.8 Å². The van der Waals surface area contributed by atoms with Crippen molar-refractivity contribution in [2.75, 3.05) is 13.2 Å². The summed E-state index contributed by atoms with van der Waals surface area (Å²) in [5, 5.41) is 0. The van der Waals surface area contributed by atoms with Gasteiger partial charge in [-0.05, 0) is 50.7 Å². The molecule has 0 fully saturated rings. The first-order valence-corrected chi connectivity index (χ1v) is 8.51. The van der Waals surface area contributed by atoms with Crippen LogP contribution >= 0.6 is 0 Å². The van der Waals surface area contributed by atoms with Crippen LogP contribution in [-0.4, -0.2) is 25.0 Å². The minimum atomic E-state index is -0.259. The smallest absolute Gasteiger partial charge is 0.217 e. The van der Waals surface area contributed by atoms with Gasteiger partial charge in [0.15, 0.2) is 11.5 Å². The largest absolute Gasteiger partial charge is 0.490 e. The fraction of sp³-hybridized carbons (Fsp3) is 0.556. The van der Waals surface area contributed by atoms with Crippen LogP contribution in [0.2, 0.25) is 0 Å². The maximum atomic E-state index is 10.6. The summed E-state index contributed by atoms with van der Waals surface area (Å²) in [6.07, 6.45) is 6.00. The molecule has 0 aliphatic carbocycles. The first-order valence-electron chi connectivity index (χ1n) is 8.51. The number of carbonyl (C=O) groups is 2. The van der Waals surface area contributed by atoms with Crippen molar-refractivity contribution in [1.29, 1.82) is 0 Å². The van der Waals surface area contributed by atoms with Crippen molar-refractivity contribution in [1.82, 2.24) is 0 Å². The van der Waals surface area contributed by atoms with E-state index in [-0.39, 0.29) is 11.8 Å². The lowest BCUT2D eigenvalue weighted by molar-refractivity contribution is -0.119. The lowest BCUT2D eigenvalue weighted by Gasteiger charge is -2.12. The van der Waals surface area contributed by atoms with Crippen molar-refractivity contribution in [2.24, 2.45) is 11.5 Å². The van der Waals surface area contributed by atoms with E-state index in [1.807, 2.05) is 24.3 Å². The second-order valence-corrected chi connectivity index (χ2v) is 5.70. The molecule has 24 heavy (non-hydrogen) atoms. The third kappa shape index (κ3) is 9.71. The highest BCUT2D eigenvalue weighted by Crippen LogP contribution is 2.27. The van der Waals surface area contributed by atoms with Crippen LogP contribution in [0, 0.1) is 0 Å². The number of primary amides is 2. The Hall–Kier alpha value is -2.24. The lowest BCUT2D eigenvalue weighted by Crippen LogP contribution is -2.10. The molecule has 6 nitrogen and oxygen atoms in total. The first-order chi connectivity index (χ1) is 11.6. The van der Waals surface area contributed by atoms with E-state index < -0.39 is 0 Å². The van der Waals surface area contributed by atoms with Gasteiger partial charge in [-0.2, -0.15) is 0 Å². The molecule has 0 atom stereocenters. The van der Waals surface area contributed by atoms with Crippen molar-refractivity contribution in [3.8, 4) is 11.5 Å². The minimum absolute atomic E-state index is 0.259. The van der Waals surface area contributed by atoms with Crippen molar-refractivity contribution in [2.45, 2.75) is 51.4 Å². The average Bonchev–Trinajstić information content (AvgIpc) is 2.54. The second-order valence-electron chi connectivity index (χ2n) is 5.70. The Morgan fingerprint density at radius 1 is 0.708 bits per heavy atom. The number of benzene rings is 1. The van der Waals surface area contributed by atoms with Crippen molar-refractivity contribution >= 4 is 11.8 Å². The van der Waals surface area contributed by atoms with Crippen LogP contribution in [0.4, 0.5) is 0 Å². The Labute approximate surface area is 143 Å². The van der Waals surface area contributed by atoms with Gasteiger partial charge in [0.1, 0.15) is 0 Å². The number of carbonyl (C=O) groups excluding carboxylic acids is 2. The molecule has 0 aliphatic heterocycles. The van der Waals surface area contributed by atoms with E-state index in [2.05, 4.69) is 0 Å². The summed E-state index contributed by atoms with van der Waals surface area (Å²) < 4.78 is 11.5. The Balaban J connectivity index is 2.21. The molecule has 1 aromatic carbocycles. The summed E-state index contributed by atoms with van der Waals surface area (Å²) in [6.45, 7) is 1.16. The van der Waals surface area contributed by atoms with Gasteiger partial charge in [0.05, 0.1) is 13.2 Å². The summed E-state index contributed by atoms with van der Waals surface area (Å²) >= 11 is 0. The summed E-state index contributed by atoms with van der Waals surface area (Å²) in [6, 6.07) is 7.57. The molecule has 1 aromatic rings. The standard InChI is InChI=1S/C18H28N2O4/c19-17(21)11-3-1-7-13-23-15-9-5-6-10-16(15)24-14-8-2-4-12-18(20)22/h5-6,9-10H,1-4,7-8,11-14H2,(H2,19,21)(H2,20,22). The van der Waals surface area contributed by atoms with E-state index in [4.69, 9.17) is 20.9 Å². The van der Waals surface area contributed by atoms with E-state index in [0.29, 0.717) is 26.1 Å². The highest BCUT2D eigenvalue weighted by molar-refractivity contribution is 5.73. The van der Waals surface area contributed by atoms with Gasteiger partial charge in [-0.25, -0.2) is 0 Å². The first kappa shape index (κ1) is 19.8. The molecule has 0 aliphatic rings. The van der Waals surface area contributed by atoms with Crippen molar-refractivity contribution < 1.29 is 19.1 Å². The quantitative estimate of drug-likeness (QED) is 0.509. The van der Waals surface area contributed by atoms with E-state index in [0.717, 1.165) is 50.0 Å². The normalized spacial score (nSPS) is 10.3. The molecule has 1 rings (SSSR count). The maximum absolute atomic E-state index is 10.6. The summed E-state index contributed by atoms with van der Waals surface area (Å²) in [5.74, 6) is 0.935. The molecule has 134 valence electrons. The Bertz CT molecular complexity index is 461. The van der Waals surface area contributed by atoms with Crippen LogP contribution < -0.4 is 20.9 Å². The fourth-order valence-corrected chi connectivity index (χ4v) is 2.21. The van der Waals surface area contributed by atoms with Gasteiger partial charge in [-0.15, -0.1) is 0 Å². The van der Waals surface area contributed by atoms with Crippen molar-refractivity contribution in [3.63, 3.8) is 0 Å². The number of amides is 2. The van der Waals surface area contributed by atoms with Crippen molar-refractivity contribution in [3.05, 3.63) is 24.3 Å². The molecular formula is C18H28N2O4. The number of unbranched alkanes of at least 4 members (excludes halogenated alkanes) is 4. The molecule has 2 amide bonds. The second kappa shape index (κ2) is 12.2. The van der Waals surface area contributed by atoms with Gasteiger partial charge in [-0.1, -0.05) is 12.1 Å². The Kier molecular flexibility index (Phi) is 10.1. The zero-order valence-corrected chi connectivity index (χ0v) is 14.2. The van der Waals surface area contributed by atoms with Crippen LogP contribution in [0.25, 0.3) is 0 Å². The van der Waals surface area contributed by atoms with E-state index in [1.54, 1.807) is 0 Å². The number of para-hydroxylation sites is 2. The summed E-state index contributed by atoms with van der Waals surface area (Å²) in [4.78, 5) is 21.3. The topological polar surface area (TPSA) is 105 Å². The molecule has 0 spiro atoms. The zero-order valence-electron chi connectivity index (χ0n) is 14.2. The van der Waals surface area contributed by atoms with Crippen LogP contribution in [0.5, 0.6) is 11.5 Å². The molecule has 0 heterocycles. The van der Waals surface area contributed by atoms with Gasteiger partial charge >= 0.3 is 0 Å². The number of nitrogens with two attached hydrogens (primary N) is 2. The van der Waals surface area contributed by atoms with E-state index in [1.165, 1.54) is 0 Å². The highest BCUT2D eigenvalue weighted by atomic mass is 16.5. The van der Waals surface area contributed by atoms with Gasteiger partial charge in [0.25, 0.3) is 0 Å². The maximum Gasteiger partial charge on any atom is 0.217 e. The molecule has 0 bridgehead atoms. The Morgan fingerprint density at radius 2 is 1.12 bits per heavy atom. The molecule has 4 N–H and O–H groups in total. The third-order valence-corrected chi connectivity index (χ3v) is 3.50. The minimum Gasteiger partial charge on any atom is -0.490 e. The van der Waals surface area contributed by atoms with Crippen LogP contribution in [-0.2, 0) is 9.59 Å². The van der Waals surface area contributed by atoms with Gasteiger partial charge in [-0.3, -0.25) is 9.59 Å². The van der Waals surface area contributed by atoms with E-state index in [9.17, 15) is 9.59 Å². The van der Waals surface area contributed by atoms with Gasteiger partial charge < -0.3 is 20.9 Å². The molecule has 6 heteroatoms. The molecule has 0 saturated heterocycles. The number of hydrogen-bond acceptors (Lipinski definition) is 4. The van der Waals surface area contributed by atoms with Crippen LogP contribution in [0.15, 0.2) is 24.3 Å². The third-order valence-electron chi connectivity index (χ3n) is 3.50. The molecule has 0 unspecified atom stereocenters. The predicted molar refractivity (Wildman–Crippen MR) is 92.8 cm³/mol. The average molecular weight is 336 g/mol. The summed E-state index contributed by atoms with van der Waals surface area (Å²) in [7, 11) is 0. The van der Waals surface area contributed by atoms with Gasteiger partial charge in [0, 0.05) is 12.8 Å². The monoisotopic (exact) mass is 336 g/mol. The number of hydrogen-bond donors (Lipinski definition) is 2. The van der Waals surface area contributed by atoms with Crippen LogP contribution in [0.1, 0.15) is 51.4 Å². The molecule has 0 aromatic heterocycles. The SMILES string of the molecule is NC(=O)CCCCCOc1ccccc1OCCCCCC(N)=O. The molecule has 0 saturated carbocycles. The summed E-state index contributed by atoms with van der Waals surface area (Å²) in [5.41, 5.74) is 10.2. The molecule has 0 radical (unpaired) electrons. The zero-order chi connectivity index (χ0) is 17.6. The lowest BCUT2D eigenvalue weighted by atomic mass is 10.2. The fourth-order valence-electron chi connectivity index (χ4n) is 2.21. The molecular weight excluding hydrogens is 308 g/mol. The number of rotatable bonds is 14. The van der Waals surface area contributed by atoms with Crippen LogP contribution in [0.3, 0.4) is 0 Å².